The molecule has 7 nitrogen and oxygen atoms in total. The number of esters is 1. The molecule has 0 saturated carbocycles. The first-order valence-electron chi connectivity index (χ1n) is 9.28. The third-order valence-corrected chi connectivity index (χ3v) is 3.88. The zero-order valence-corrected chi connectivity index (χ0v) is 16.5. The first-order valence-corrected chi connectivity index (χ1v) is 9.28. The van der Waals surface area contributed by atoms with Gasteiger partial charge in [0.25, 0.3) is 0 Å². The number of ether oxygens (including phenoxy) is 1. The van der Waals surface area contributed by atoms with Crippen molar-refractivity contribution in [2.45, 2.75) is 20.4 Å². The van der Waals surface area contributed by atoms with Crippen molar-refractivity contribution in [3.05, 3.63) is 71.3 Å². The van der Waals surface area contributed by atoms with Gasteiger partial charge in [0.05, 0.1) is 13.2 Å². The van der Waals surface area contributed by atoms with Crippen LogP contribution in [0.1, 0.15) is 23.6 Å². The van der Waals surface area contributed by atoms with Crippen molar-refractivity contribution in [3.8, 4) is 0 Å². The molecule has 0 spiro atoms. The number of benzene rings is 2. The Morgan fingerprint density at radius 1 is 0.966 bits per heavy atom. The van der Waals surface area contributed by atoms with Crippen molar-refractivity contribution in [2.24, 2.45) is 0 Å². The Kier molecular flexibility index (Phi) is 8.44. The van der Waals surface area contributed by atoms with Crippen LogP contribution in [0, 0.1) is 6.92 Å². The molecule has 3 N–H and O–H groups in total. The minimum Gasteiger partial charge on any atom is -0.463 e. The molecule has 2 aromatic rings. The van der Waals surface area contributed by atoms with E-state index in [4.69, 9.17) is 4.74 Å². The van der Waals surface area contributed by atoms with Crippen molar-refractivity contribution in [1.82, 2.24) is 10.6 Å². The average Bonchev–Trinajstić information content (AvgIpc) is 2.71. The summed E-state index contributed by atoms with van der Waals surface area (Å²) >= 11 is 0. The Hall–Kier alpha value is -3.61. The summed E-state index contributed by atoms with van der Waals surface area (Å²) in [5.74, 6) is -0.748. The summed E-state index contributed by atoms with van der Waals surface area (Å²) in [6.07, 6.45) is 2.97. The Balaban J connectivity index is 1.72. The van der Waals surface area contributed by atoms with Gasteiger partial charge < -0.3 is 20.7 Å². The first kappa shape index (κ1) is 21.7. The zero-order chi connectivity index (χ0) is 21.1. The summed E-state index contributed by atoms with van der Waals surface area (Å²) in [6, 6.07) is 14.3. The van der Waals surface area contributed by atoms with E-state index < -0.39 is 12.0 Å². The first-order chi connectivity index (χ1) is 14.0. The number of carbonyl (C=O) groups is 3. The predicted molar refractivity (Wildman–Crippen MR) is 112 cm³/mol. The maximum Gasteiger partial charge on any atom is 0.330 e. The van der Waals surface area contributed by atoms with E-state index in [0.717, 1.165) is 16.7 Å². The minimum atomic E-state index is -0.417. The number of hydrogen-bond donors (Lipinski definition) is 3. The summed E-state index contributed by atoms with van der Waals surface area (Å²) in [6.45, 7) is 4.30. The van der Waals surface area contributed by atoms with Crippen LogP contribution in [0.3, 0.4) is 0 Å². The molecule has 0 saturated heterocycles. The van der Waals surface area contributed by atoms with Gasteiger partial charge in [0.15, 0.2) is 0 Å². The van der Waals surface area contributed by atoms with Gasteiger partial charge >= 0.3 is 12.0 Å². The van der Waals surface area contributed by atoms with Gasteiger partial charge in [-0.1, -0.05) is 42.0 Å². The molecule has 0 radical (unpaired) electrons. The van der Waals surface area contributed by atoms with Crippen molar-refractivity contribution < 1.29 is 19.1 Å². The van der Waals surface area contributed by atoms with Crippen LogP contribution in [0.5, 0.6) is 0 Å². The standard InChI is InChI=1S/C22H25N3O4/c1-3-29-21(27)13-10-17-8-11-19(12-9-17)25-20(26)15-24-22(28)23-14-18-6-4-16(2)5-7-18/h4-13H,3,14-15H2,1-2H3,(H,25,26)(H2,23,24,28)/b13-10+. The highest BCUT2D eigenvalue weighted by molar-refractivity contribution is 5.94. The lowest BCUT2D eigenvalue weighted by Crippen LogP contribution is -2.39. The third kappa shape index (κ3) is 8.30. The lowest BCUT2D eigenvalue weighted by Gasteiger charge is -2.09. The molecule has 0 aliphatic carbocycles. The van der Waals surface area contributed by atoms with Crippen LogP contribution in [0.15, 0.2) is 54.6 Å². The topological polar surface area (TPSA) is 96.5 Å². The van der Waals surface area contributed by atoms with Crippen LogP contribution in [0.2, 0.25) is 0 Å². The van der Waals surface area contributed by atoms with Crippen molar-refractivity contribution >= 4 is 29.7 Å². The summed E-state index contributed by atoms with van der Waals surface area (Å²) < 4.78 is 4.81. The summed E-state index contributed by atoms with van der Waals surface area (Å²) in [5.41, 5.74) is 3.51. The molecule has 0 heterocycles. The van der Waals surface area contributed by atoms with Gasteiger partial charge in [-0.2, -0.15) is 0 Å². The highest BCUT2D eigenvalue weighted by Gasteiger charge is 2.06. The number of carbonyl (C=O) groups excluding carboxylic acids is 3. The zero-order valence-electron chi connectivity index (χ0n) is 16.5. The molecule has 2 aromatic carbocycles. The molecule has 3 amide bonds. The molecule has 7 heteroatoms. The molecular weight excluding hydrogens is 370 g/mol. The van der Waals surface area contributed by atoms with E-state index in [0.29, 0.717) is 18.8 Å². The summed E-state index contributed by atoms with van der Waals surface area (Å²) in [5, 5.41) is 7.91. The van der Waals surface area contributed by atoms with Crippen LogP contribution >= 0.6 is 0 Å². The molecule has 0 atom stereocenters. The fourth-order valence-electron chi connectivity index (χ4n) is 2.35. The number of anilines is 1. The monoisotopic (exact) mass is 395 g/mol. The molecule has 152 valence electrons. The van der Waals surface area contributed by atoms with E-state index in [1.807, 2.05) is 31.2 Å². The number of hydrogen-bond acceptors (Lipinski definition) is 4. The molecule has 0 unspecified atom stereocenters. The van der Waals surface area contributed by atoms with E-state index in [2.05, 4.69) is 16.0 Å². The summed E-state index contributed by atoms with van der Waals surface area (Å²) in [4.78, 5) is 35.1. The summed E-state index contributed by atoms with van der Waals surface area (Å²) in [7, 11) is 0. The van der Waals surface area contributed by atoms with Crippen LogP contribution in [0.4, 0.5) is 10.5 Å². The second-order valence-electron chi connectivity index (χ2n) is 6.28. The van der Waals surface area contributed by atoms with E-state index >= 15 is 0 Å². The van der Waals surface area contributed by atoms with Gasteiger partial charge in [0.2, 0.25) is 5.91 Å². The van der Waals surface area contributed by atoms with Gasteiger partial charge in [-0.05, 0) is 43.2 Å². The molecule has 2 rings (SSSR count). The van der Waals surface area contributed by atoms with Gasteiger partial charge in [0, 0.05) is 18.3 Å². The van der Waals surface area contributed by atoms with Gasteiger partial charge in [-0.15, -0.1) is 0 Å². The van der Waals surface area contributed by atoms with E-state index in [1.54, 1.807) is 37.3 Å². The Morgan fingerprint density at radius 3 is 2.31 bits per heavy atom. The third-order valence-electron chi connectivity index (χ3n) is 3.88. The lowest BCUT2D eigenvalue weighted by molar-refractivity contribution is -0.137. The Bertz CT molecular complexity index is 859. The van der Waals surface area contributed by atoms with E-state index in [9.17, 15) is 14.4 Å². The molecule has 29 heavy (non-hydrogen) atoms. The number of nitrogens with one attached hydrogen (secondary N) is 3. The molecule has 0 bridgehead atoms. The lowest BCUT2D eigenvalue weighted by atomic mass is 10.1. The Morgan fingerprint density at radius 2 is 1.66 bits per heavy atom. The largest absolute Gasteiger partial charge is 0.463 e. The second kappa shape index (κ2) is 11.3. The van der Waals surface area contributed by atoms with Crippen LogP contribution in [0.25, 0.3) is 6.08 Å². The van der Waals surface area contributed by atoms with Crippen LogP contribution in [-0.4, -0.2) is 31.1 Å². The second-order valence-corrected chi connectivity index (χ2v) is 6.28. The minimum absolute atomic E-state index is 0.149. The number of urea groups is 1. The average molecular weight is 395 g/mol. The highest BCUT2D eigenvalue weighted by Crippen LogP contribution is 2.10. The van der Waals surface area contributed by atoms with Gasteiger partial charge in [-0.3, -0.25) is 4.79 Å². The molecule has 0 aliphatic rings. The van der Waals surface area contributed by atoms with Crippen LogP contribution < -0.4 is 16.0 Å². The molecule has 0 aromatic heterocycles. The fraction of sp³-hybridized carbons (Fsp3) is 0.227. The fourth-order valence-corrected chi connectivity index (χ4v) is 2.35. The molecular formula is C22H25N3O4. The predicted octanol–water partition coefficient (Wildman–Crippen LogP) is 3.01. The Labute approximate surface area is 170 Å². The SMILES string of the molecule is CCOC(=O)/C=C/c1ccc(NC(=O)CNC(=O)NCc2ccc(C)cc2)cc1. The number of aryl methyl sites for hydroxylation is 1. The van der Waals surface area contributed by atoms with E-state index in [1.165, 1.54) is 6.08 Å². The van der Waals surface area contributed by atoms with Crippen molar-refractivity contribution in [1.29, 1.82) is 0 Å². The normalized spacial score (nSPS) is 10.4. The quantitative estimate of drug-likeness (QED) is 0.473. The van der Waals surface area contributed by atoms with Crippen molar-refractivity contribution in [3.63, 3.8) is 0 Å². The number of amides is 3. The highest BCUT2D eigenvalue weighted by atomic mass is 16.5. The maximum atomic E-state index is 12.0. The van der Waals surface area contributed by atoms with Gasteiger partial charge in [-0.25, -0.2) is 9.59 Å². The van der Waals surface area contributed by atoms with Crippen molar-refractivity contribution in [2.75, 3.05) is 18.5 Å². The van der Waals surface area contributed by atoms with Gasteiger partial charge in [0.1, 0.15) is 0 Å². The molecule has 0 fully saturated rings. The molecule has 0 aliphatic heterocycles. The van der Waals surface area contributed by atoms with Crippen LogP contribution in [-0.2, 0) is 20.9 Å². The van der Waals surface area contributed by atoms with E-state index in [-0.39, 0.29) is 12.5 Å². The maximum absolute atomic E-state index is 12.0. The number of rotatable bonds is 8. The smallest absolute Gasteiger partial charge is 0.330 e.